The van der Waals surface area contributed by atoms with Crippen molar-refractivity contribution in [2.45, 2.75) is 45.6 Å². The third kappa shape index (κ3) is 4.52. The van der Waals surface area contributed by atoms with E-state index >= 15 is 0 Å². The number of aryl methyl sites for hydroxylation is 2. The van der Waals surface area contributed by atoms with Gasteiger partial charge >= 0.3 is 5.97 Å². The molecule has 3 heterocycles. The number of hydrogen-bond donors (Lipinski definition) is 1. The standard InChI is InChI=1S/C23H27ClFN3O4/c1-2-28-20-16(13-23(14-26-21(20)29)8-11-31-12-9-23)18(27-28)7-4-10-32-22(30)15-5-3-6-17(24)19(15)25/h3,5-6H,2,4,7-14H2,1H3,(H,26,29). The number of hydrogen-bond acceptors (Lipinski definition) is 5. The minimum atomic E-state index is -0.779. The minimum absolute atomic E-state index is 0.0217. The number of amides is 1. The molecule has 32 heavy (non-hydrogen) atoms. The van der Waals surface area contributed by atoms with Crippen molar-refractivity contribution in [1.29, 1.82) is 0 Å². The molecule has 0 bridgehead atoms. The van der Waals surface area contributed by atoms with Gasteiger partial charge in [-0.3, -0.25) is 9.48 Å². The maximum atomic E-state index is 14.0. The van der Waals surface area contributed by atoms with E-state index in [1.165, 1.54) is 18.2 Å². The van der Waals surface area contributed by atoms with Gasteiger partial charge in [-0.2, -0.15) is 5.10 Å². The van der Waals surface area contributed by atoms with Crippen LogP contribution < -0.4 is 5.32 Å². The number of ether oxygens (including phenoxy) is 2. The number of benzene rings is 1. The summed E-state index contributed by atoms with van der Waals surface area (Å²) in [4.78, 5) is 25.0. The summed E-state index contributed by atoms with van der Waals surface area (Å²) in [5.74, 6) is -1.62. The van der Waals surface area contributed by atoms with Crippen molar-refractivity contribution < 1.29 is 23.5 Å². The van der Waals surface area contributed by atoms with Crippen molar-refractivity contribution in [2.75, 3.05) is 26.4 Å². The second-order valence-corrected chi connectivity index (χ2v) is 8.81. The summed E-state index contributed by atoms with van der Waals surface area (Å²) < 4.78 is 26.6. The zero-order valence-corrected chi connectivity index (χ0v) is 18.8. The van der Waals surface area contributed by atoms with Crippen LogP contribution in [0.25, 0.3) is 0 Å². The predicted molar refractivity (Wildman–Crippen MR) is 116 cm³/mol. The van der Waals surface area contributed by atoms with Crippen molar-refractivity contribution in [3.05, 3.63) is 51.6 Å². The largest absolute Gasteiger partial charge is 0.462 e. The van der Waals surface area contributed by atoms with Gasteiger partial charge in [0.05, 0.1) is 22.9 Å². The van der Waals surface area contributed by atoms with Crippen LogP contribution in [-0.4, -0.2) is 48.0 Å². The highest BCUT2D eigenvalue weighted by atomic mass is 35.5. The molecular formula is C23H27ClFN3O4. The van der Waals surface area contributed by atoms with Crippen LogP contribution >= 0.6 is 11.6 Å². The van der Waals surface area contributed by atoms with Crippen LogP contribution in [0.1, 0.15) is 58.3 Å². The molecule has 1 aromatic heterocycles. The Labute approximate surface area is 191 Å². The van der Waals surface area contributed by atoms with Crippen LogP contribution in [-0.2, 0) is 28.9 Å². The Bertz CT molecular complexity index is 1020. The van der Waals surface area contributed by atoms with E-state index in [0.717, 1.165) is 30.5 Å². The number of aromatic nitrogens is 2. The van der Waals surface area contributed by atoms with Gasteiger partial charge in [-0.1, -0.05) is 17.7 Å². The lowest BCUT2D eigenvalue weighted by atomic mass is 9.75. The van der Waals surface area contributed by atoms with Gasteiger partial charge in [-0.05, 0) is 56.6 Å². The fourth-order valence-corrected chi connectivity index (χ4v) is 4.68. The van der Waals surface area contributed by atoms with E-state index in [2.05, 4.69) is 10.4 Å². The number of carbonyl (C=O) groups is 2. The summed E-state index contributed by atoms with van der Waals surface area (Å²) in [5, 5.41) is 7.66. The molecule has 2 aliphatic rings. The maximum Gasteiger partial charge on any atom is 0.341 e. The monoisotopic (exact) mass is 463 g/mol. The molecule has 0 aliphatic carbocycles. The molecule has 1 spiro atoms. The highest BCUT2D eigenvalue weighted by Crippen LogP contribution is 2.37. The van der Waals surface area contributed by atoms with Gasteiger partial charge in [0.25, 0.3) is 5.91 Å². The van der Waals surface area contributed by atoms with E-state index in [-0.39, 0.29) is 28.5 Å². The van der Waals surface area contributed by atoms with Crippen molar-refractivity contribution in [2.24, 2.45) is 5.41 Å². The Morgan fingerprint density at radius 1 is 1.38 bits per heavy atom. The van der Waals surface area contributed by atoms with Crippen molar-refractivity contribution >= 4 is 23.5 Å². The first kappa shape index (κ1) is 22.7. The topological polar surface area (TPSA) is 82.5 Å². The van der Waals surface area contributed by atoms with Crippen LogP contribution in [0.2, 0.25) is 5.02 Å². The summed E-state index contributed by atoms with van der Waals surface area (Å²) in [7, 11) is 0. The van der Waals surface area contributed by atoms with E-state index < -0.39 is 11.8 Å². The van der Waals surface area contributed by atoms with Gasteiger partial charge < -0.3 is 14.8 Å². The van der Waals surface area contributed by atoms with E-state index in [1.54, 1.807) is 4.68 Å². The molecule has 1 N–H and O–H groups in total. The first-order chi connectivity index (χ1) is 15.4. The molecule has 1 aromatic carbocycles. The molecule has 4 rings (SSSR count). The second kappa shape index (κ2) is 9.58. The van der Waals surface area contributed by atoms with Crippen LogP contribution in [0.5, 0.6) is 0 Å². The third-order valence-corrected chi connectivity index (χ3v) is 6.63. The second-order valence-electron chi connectivity index (χ2n) is 8.40. The highest BCUT2D eigenvalue weighted by Gasteiger charge is 2.39. The molecule has 2 aliphatic heterocycles. The SMILES string of the molecule is CCn1nc(CCCOC(=O)c2cccc(Cl)c2F)c2c1C(=O)NCC1(CCOCC1)C2. The summed E-state index contributed by atoms with van der Waals surface area (Å²) in [6, 6.07) is 4.23. The number of rotatable bonds is 6. The number of nitrogens with zero attached hydrogens (tertiary/aromatic N) is 2. The summed E-state index contributed by atoms with van der Waals surface area (Å²) in [6.07, 6.45) is 3.63. The normalized spacial score (nSPS) is 17.5. The van der Waals surface area contributed by atoms with Gasteiger partial charge in [0.15, 0.2) is 5.82 Å². The Morgan fingerprint density at radius 3 is 2.91 bits per heavy atom. The van der Waals surface area contributed by atoms with E-state index in [9.17, 15) is 14.0 Å². The molecule has 2 aromatic rings. The van der Waals surface area contributed by atoms with E-state index in [1.807, 2.05) is 6.92 Å². The number of esters is 1. The fourth-order valence-electron chi connectivity index (χ4n) is 4.51. The van der Waals surface area contributed by atoms with Crippen LogP contribution in [0, 0.1) is 11.2 Å². The molecule has 1 saturated heterocycles. The Balaban J connectivity index is 1.46. The van der Waals surface area contributed by atoms with Gasteiger partial charge in [0.1, 0.15) is 5.69 Å². The lowest BCUT2D eigenvalue weighted by Gasteiger charge is -2.36. The van der Waals surface area contributed by atoms with Crippen molar-refractivity contribution in [3.63, 3.8) is 0 Å². The number of fused-ring (bicyclic) bond motifs is 1. The molecule has 7 nitrogen and oxygen atoms in total. The van der Waals surface area contributed by atoms with Crippen molar-refractivity contribution in [1.82, 2.24) is 15.1 Å². The highest BCUT2D eigenvalue weighted by molar-refractivity contribution is 6.31. The average Bonchev–Trinajstić information content (AvgIpc) is 3.07. The zero-order valence-electron chi connectivity index (χ0n) is 18.1. The average molecular weight is 464 g/mol. The quantitative estimate of drug-likeness (QED) is 0.523. The Kier molecular flexibility index (Phi) is 6.81. The van der Waals surface area contributed by atoms with Gasteiger partial charge in [-0.25, -0.2) is 9.18 Å². The van der Waals surface area contributed by atoms with Crippen LogP contribution in [0.4, 0.5) is 4.39 Å². The lowest BCUT2D eigenvalue weighted by Crippen LogP contribution is -2.40. The van der Waals surface area contributed by atoms with Gasteiger partial charge in [-0.15, -0.1) is 0 Å². The summed E-state index contributed by atoms with van der Waals surface area (Å²) >= 11 is 5.74. The van der Waals surface area contributed by atoms with Crippen molar-refractivity contribution in [3.8, 4) is 0 Å². The van der Waals surface area contributed by atoms with Gasteiger partial charge in [0.2, 0.25) is 0 Å². The first-order valence-electron chi connectivity index (χ1n) is 11.0. The number of nitrogens with one attached hydrogen (secondary N) is 1. The lowest BCUT2D eigenvalue weighted by molar-refractivity contribution is 0.0160. The fraction of sp³-hybridized carbons (Fsp3) is 0.522. The third-order valence-electron chi connectivity index (χ3n) is 6.34. The molecule has 172 valence electrons. The molecule has 9 heteroatoms. The van der Waals surface area contributed by atoms with Gasteiger partial charge in [0, 0.05) is 31.9 Å². The van der Waals surface area contributed by atoms with Crippen LogP contribution in [0.3, 0.4) is 0 Å². The Morgan fingerprint density at radius 2 is 2.16 bits per heavy atom. The smallest absolute Gasteiger partial charge is 0.341 e. The molecule has 0 atom stereocenters. The molecule has 0 radical (unpaired) electrons. The number of halogens is 2. The summed E-state index contributed by atoms with van der Waals surface area (Å²) in [6.45, 7) is 4.69. The van der Waals surface area contributed by atoms with E-state index in [4.69, 9.17) is 21.1 Å². The van der Waals surface area contributed by atoms with E-state index in [0.29, 0.717) is 44.8 Å². The predicted octanol–water partition coefficient (Wildman–Crippen LogP) is 3.57. The number of carbonyl (C=O) groups excluding carboxylic acids is 2. The molecule has 1 amide bonds. The molecule has 1 fully saturated rings. The minimum Gasteiger partial charge on any atom is -0.462 e. The molecule has 0 unspecified atom stereocenters. The maximum absolute atomic E-state index is 14.0. The molecular weight excluding hydrogens is 437 g/mol. The van der Waals surface area contributed by atoms with Crippen LogP contribution in [0.15, 0.2) is 18.2 Å². The first-order valence-corrected chi connectivity index (χ1v) is 11.4. The molecule has 0 saturated carbocycles. The Hall–Kier alpha value is -2.45. The zero-order chi connectivity index (χ0) is 22.7. The summed E-state index contributed by atoms with van der Waals surface area (Å²) in [5.41, 5.74) is 2.26.